The molecule has 0 unspecified atom stereocenters. The standard InChI is InChI=1S/C15H12BrNO4/c1-21-15(18)14(11-3-2-4-12(16)9-11)10-5-7-13(8-6-10)17(19)20/h2-9,14H,1H3/t14-/m0/s1. The van der Waals surface area contributed by atoms with E-state index in [-0.39, 0.29) is 5.69 Å². The zero-order valence-electron chi connectivity index (χ0n) is 11.2. The summed E-state index contributed by atoms with van der Waals surface area (Å²) in [5, 5.41) is 10.7. The van der Waals surface area contributed by atoms with Crippen molar-refractivity contribution >= 4 is 27.6 Å². The number of halogens is 1. The molecule has 5 nitrogen and oxygen atoms in total. The lowest BCUT2D eigenvalue weighted by Crippen LogP contribution is -2.15. The maximum absolute atomic E-state index is 12.1. The van der Waals surface area contributed by atoms with E-state index in [1.165, 1.54) is 19.2 Å². The average Bonchev–Trinajstić information content (AvgIpc) is 2.48. The van der Waals surface area contributed by atoms with Gasteiger partial charge < -0.3 is 4.74 Å². The van der Waals surface area contributed by atoms with Crippen molar-refractivity contribution in [3.63, 3.8) is 0 Å². The SMILES string of the molecule is COC(=O)[C@@H](c1ccc([N+](=O)[O-])cc1)c1cccc(Br)c1. The molecule has 0 aliphatic carbocycles. The fourth-order valence-electron chi connectivity index (χ4n) is 2.06. The van der Waals surface area contributed by atoms with Crippen molar-refractivity contribution in [1.82, 2.24) is 0 Å². The summed E-state index contributed by atoms with van der Waals surface area (Å²) in [7, 11) is 1.32. The van der Waals surface area contributed by atoms with Crippen LogP contribution in [0.2, 0.25) is 0 Å². The van der Waals surface area contributed by atoms with Gasteiger partial charge in [-0.1, -0.05) is 40.2 Å². The van der Waals surface area contributed by atoms with Gasteiger partial charge in [0.15, 0.2) is 0 Å². The summed E-state index contributed by atoms with van der Waals surface area (Å²) in [6.45, 7) is 0. The maximum atomic E-state index is 12.1. The van der Waals surface area contributed by atoms with Crippen molar-refractivity contribution in [2.24, 2.45) is 0 Å². The zero-order chi connectivity index (χ0) is 15.4. The summed E-state index contributed by atoms with van der Waals surface area (Å²) >= 11 is 3.36. The highest BCUT2D eigenvalue weighted by Gasteiger charge is 2.24. The Bertz CT molecular complexity index is 670. The number of carbonyl (C=O) groups excluding carboxylic acids is 1. The van der Waals surface area contributed by atoms with Gasteiger partial charge in [0, 0.05) is 16.6 Å². The lowest BCUT2D eigenvalue weighted by Gasteiger charge is -2.15. The molecule has 2 aromatic rings. The predicted octanol–water partition coefficient (Wildman–Crippen LogP) is 3.66. The van der Waals surface area contributed by atoms with Crippen LogP contribution in [0.4, 0.5) is 5.69 Å². The highest BCUT2D eigenvalue weighted by Crippen LogP contribution is 2.29. The number of non-ortho nitro benzene ring substituents is 1. The molecule has 0 amide bonds. The molecular weight excluding hydrogens is 338 g/mol. The first-order chi connectivity index (χ1) is 10.0. The number of hydrogen-bond donors (Lipinski definition) is 0. The predicted molar refractivity (Wildman–Crippen MR) is 81.1 cm³/mol. The second kappa shape index (κ2) is 6.49. The van der Waals surface area contributed by atoms with Crippen molar-refractivity contribution in [2.75, 3.05) is 7.11 Å². The number of esters is 1. The average molecular weight is 350 g/mol. The lowest BCUT2D eigenvalue weighted by atomic mass is 9.91. The number of ether oxygens (including phenoxy) is 1. The lowest BCUT2D eigenvalue weighted by molar-refractivity contribution is -0.384. The minimum Gasteiger partial charge on any atom is -0.468 e. The third kappa shape index (κ3) is 3.46. The van der Waals surface area contributed by atoms with Crippen LogP contribution in [0.3, 0.4) is 0 Å². The molecule has 1 atom stereocenters. The molecule has 0 bridgehead atoms. The second-order valence-electron chi connectivity index (χ2n) is 4.36. The first-order valence-electron chi connectivity index (χ1n) is 6.10. The van der Waals surface area contributed by atoms with Crippen molar-refractivity contribution in [3.05, 3.63) is 74.2 Å². The Balaban J connectivity index is 2.45. The van der Waals surface area contributed by atoms with Crippen LogP contribution in [0.15, 0.2) is 53.0 Å². The van der Waals surface area contributed by atoms with Crippen molar-refractivity contribution in [1.29, 1.82) is 0 Å². The van der Waals surface area contributed by atoms with Crippen molar-refractivity contribution in [2.45, 2.75) is 5.92 Å². The molecule has 0 spiro atoms. The third-order valence-electron chi connectivity index (χ3n) is 3.06. The van der Waals surface area contributed by atoms with Crippen LogP contribution < -0.4 is 0 Å². The topological polar surface area (TPSA) is 69.4 Å². The molecule has 2 aromatic carbocycles. The molecule has 21 heavy (non-hydrogen) atoms. The van der Waals surface area contributed by atoms with E-state index in [0.29, 0.717) is 5.56 Å². The highest BCUT2D eigenvalue weighted by atomic mass is 79.9. The second-order valence-corrected chi connectivity index (χ2v) is 5.28. The van der Waals surface area contributed by atoms with Crippen LogP contribution in [0.1, 0.15) is 17.0 Å². The molecule has 0 fully saturated rings. The fourth-order valence-corrected chi connectivity index (χ4v) is 2.47. The van der Waals surface area contributed by atoms with Gasteiger partial charge in [-0.05, 0) is 23.3 Å². The van der Waals surface area contributed by atoms with Gasteiger partial charge >= 0.3 is 5.97 Å². The fraction of sp³-hybridized carbons (Fsp3) is 0.133. The number of nitro groups is 1. The summed E-state index contributed by atoms with van der Waals surface area (Å²) in [5.74, 6) is -1.03. The highest BCUT2D eigenvalue weighted by molar-refractivity contribution is 9.10. The van der Waals surface area contributed by atoms with E-state index >= 15 is 0 Å². The van der Waals surface area contributed by atoms with E-state index in [1.54, 1.807) is 12.1 Å². The van der Waals surface area contributed by atoms with Gasteiger partial charge in [-0.2, -0.15) is 0 Å². The van der Waals surface area contributed by atoms with Crippen LogP contribution >= 0.6 is 15.9 Å². The van der Waals surface area contributed by atoms with E-state index < -0.39 is 16.8 Å². The minimum atomic E-state index is -0.617. The maximum Gasteiger partial charge on any atom is 0.317 e. The molecule has 0 aromatic heterocycles. The number of methoxy groups -OCH3 is 1. The Morgan fingerprint density at radius 3 is 2.38 bits per heavy atom. The first-order valence-corrected chi connectivity index (χ1v) is 6.90. The zero-order valence-corrected chi connectivity index (χ0v) is 12.7. The quantitative estimate of drug-likeness (QED) is 0.479. The molecular formula is C15H12BrNO4. The van der Waals surface area contributed by atoms with Crippen LogP contribution in [0.25, 0.3) is 0 Å². The molecule has 0 radical (unpaired) electrons. The van der Waals surface area contributed by atoms with Crippen LogP contribution in [-0.2, 0) is 9.53 Å². The Hall–Kier alpha value is -2.21. The Morgan fingerprint density at radius 2 is 1.86 bits per heavy atom. The van der Waals surface area contributed by atoms with E-state index in [4.69, 9.17) is 4.74 Å². The van der Waals surface area contributed by atoms with Gasteiger partial charge in [0.2, 0.25) is 0 Å². The molecule has 108 valence electrons. The van der Waals surface area contributed by atoms with Gasteiger partial charge in [0.25, 0.3) is 5.69 Å². The normalized spacial score (nSPS) is 11.7. The molecule has 0 heterocycles. The molecule has 0 N–H and O–H groups in total. The smallest absolute Gasteiger partial charge is 0.317 e. The van der Waals surface area contributed by atoms with Gasteiger partial charge in [-0.25, -0.2) is 0 Å². The van der Waals surface area contributed by atoms with Gasteiger partial charge in [-0.3, -0.25) is 14.9 Å². The Morgan fingerprint density at radius 1 is 1.19 bits per heavy atom. The van der Waals surface area contributed by atoms with Gasteiger partial charge in [0.05, 0.1) is 12.0 Å². The van der Waals surface area contributed by atoms with E-state index in [9.17, 15) is 14.9 Å². The van der Waals surface area contributed by atoms with Gasteiger partial charge in [0.1, 0.15) is 5.92 Å². The summed E-state index contributed by atoms with van der Waals surface area (Å²) in [6, 6.07) is 13.2. The monoisotopic (exact) mass is 349 g/mol. The minimum absolute atomic E-state index is 0.0170. The third-order valence-corrected chi connectivity index (χ3v) is 3.55. The van der Waals surface area contributed by atoms with Crippen LogP contribution in [0, 0.1) is 10.1 Å². The van der Waals surface area contributed by atoms with Crippen molar-refractivity contribution in [3.8, 4) is 0 Å². The number of hydrogen-bond acceptors (Lipinski definition) is 4. The number of carbonyl (C=O) groups is 1. The van der Waals surface area contributed by atoms with E-state index in [2.05, 4.69) is 15.9 Å². The Kier molecular flexibility index (Phi) is 4.70. The van der Waals surface area contributed by atoms with Crippen molar-refractivity contribution < 1.29 is 14.5 Å². The van der Waals surface area contributed by atoms with Crippen LogP contribution in [0.5, 0.6) is 0 Å². The van der Waals surface area contributed by atoms with E-state index in [0.717, 1.165) is 10.0 Å². The molecule has 0 aliphatic rings. The number of rotatable bonds is 4. The number of nitro benzene ring substituents is 1. The van der Waals surface area contributed by atoms with E-state index in [1.807, 2.05) is 24.3 Å². The Labute approximate surface area is 129 Å². The molecule has 0 aliphatic heterocycles. The number of benzene rings is 2. The largest absolute Gasteiger partial charge is 0.468 e. The number of nitrogens with zero attached hydrogens (tertiary/aromatic N) is 1. The first kappa shape index (κ1) is 15.2. The molecule has 0 saturated heterocycles. The molecule has 0 saturated carbocycles. The summed E-state index contributed by atoms with van der Waals surface area (Å²) in [4.78, 5) is 22.3. The molecule has 6 heteroatoms. The van der Waals surface area contributed by atoms with Gasteiger partial charge in [-0.15, -0.1) is 0 Å². The summed E-state index contributed by atoms with van der Waals surface area (Å²) < 4.78 is 5.69. The summed E-state index contributed by atoms with van der Waals surface area (Å²) in [5.41, 5.74) is 1.38. The van der Waals surface area contributed by atoms with Crippen LogP contribution in [-0.4, -0.2) is 18.0 Å². The summed E-state index contributed by atoms with van der Waals surface area (Å²) in [6.07, 6.45) is 0. The molecule has 2 rings (SSSR count).